The molecular weight excluding hydrogens is 375 g/mol. The smallest absolute Gasteiger partial charge is 0.416 e. The van der Waals surface area contributed by atoms with Gasteiger partial charge in [0.15, 0.2) is 6.61 Å². The van der Waals surface area contributed by atoms with E-state index in [4.69, 9.17) is 4.74 Å². The fraction of sp³-hybridized carbons (Fsp3) is 0.350. The molecule has 2 aromatic carbocycles. The maximum Gasteiger partial charge on any atom is 0.416 e. The van der Waals surface area contributed by atoms with E-state index < -0.39 is 41.8 Å². The van der Waals surface area contributed by atoms with Crippen molar-refractivity contribution in [1.82, 2.24) is 5.32 Å². The van der Waals surface area contributed by atoms with E-state index in [0.717, 1.165) is 12.1 Å². The van der Waals surface area contributed by atoms with E-state index in [1.54, 1.807) is 30.3 Å². The number of alkyl halides is 3. The van der Waals surface area contributed by atoms with Crippen molar-refractivity contribution >= 4 is 5.91 Å². The van der Waals surface area contributed by atoms with Gasteiger partial charge in [0.1, 0.15) is 11.9 Å². The molecule has 0 heterocycles. The van der Waals surface area contributed by atoms with Crippen LogP contribution in [0.3, 0.4) is 0 Å². The van der Waals surface area contributed by atoms with Crippen LogP contribution in [0.25, 0.3) is 0 Å². The summed E-state index contributed by atoms with van der Waals surface area (Å²) in [6.07, 6.45) is -6.65. The average molecular weight is 395 g/mol. The Morgan fingerprint density at radius 3 is 2.32 bits per heavy atom. The van der Waals surface area contributed by atoms with Crippen molar-refractivity contribution in [3.8, 4) is 5.75 Å². The number of nitrogens with one attached hydrogen (secondary N) is 1. The SMILES string of the molecule is O=C(COc1ccccc1)N[C@H]1[C@H](O)[C@H](O)C[C@@H]1c1ccc(C(F)(F)F)cc1. The van der Waals surface area contributed by atoms with Gasteiger partial charge < -0.3 is 20.3 Å². The fourth-order valence-electron chi connectivity index (χ4n) is 3.37. The summed E-state index contributed by atoms with van der Waals surface area (Å²) >= 11 is 0. The number of hydrogen-bond acceptors (Lipinski definition) is 4. The monoisotopic (exact) mass is 395 g/mol. The number of hydrogen-bond donors (Lipinski definition) is 3. The molecule has 0 radical (unpaired) electrons. The van der Waals surface area contributed by atoms with Crippen LogP contribution in [0.2, 0.25) is 0 Å². The molecule has 5 nitrogen and oxygen atoms in total. The first kappa shape index (κ1) is 20.2. The summed E-state index contributed by atoms with van der Waals surface area (Å²) < 4.78 is 43.6. The zero-order valence-electron chi connectivity index (χ0n) is 14.8. The lowest BCUT2D eigenvalue weighted by atomic mass is 9.92. The van der Waals surface area contributed by atoms with Crippen LogP contribution in [-0.4, -0.2) is 41.0 Å². The van der Waals surface area contributed by atoms with Crippen LogP contribution in [0.4, 0.5) is 13.2 Å². The Hall–Kier alpha value is -2.58. The number of halogens is 3. The minimum absolute atomic E-state index is 0.122. The van der Waals surface area contributed by atoms with Gasteiger partial charge in [-0.15, -0.1) is 0 Å². The Labute approximate surface area is 159 Å². The van der Waals surface area contributed by atoms with Gasteiger partial charge in [-0.3, -0.25) is 4.79 Å². The van der Waals surface area contributed by atoms with E-state index in [1.165, 1.54) is 12.1 Å². The number of para-hydroxylation sites is 1. The Morgan fingerprint density at radius 1 is 1.07 bits per heavy atom. The van der Waals surface area contributed by atoms with E-state index in [2.05, 4.69) is 5.32 Å². The Morgan fingerprint density at radius 2 is 1.71 bits per heavy atom. The summed E-state index contributed by atoms with van der Waals surface area (Å²) in [4.78, 5) is 12.2. The van der Waals surface area contributed by atoms with Gasteiger partial charge in [0.25, 0.3) is 5.91 Å². The van der Waals surface area contributed by atoms with E-state index >= 15 is 0 Å². The lowest BCUT2D eigenvalue weighted by molar-refractivity contribution is -0.137. The minimum atomic E-state index is -4.45. The molecule has 1 aliphatic carbocycles. The quantitative estimate of drug-likeness (QED) is 0.727. The summed E-state index contributed by atoms with van der Waals surface area (Å²) in [6, 6.07) is 12.4. The number of aliphatic hydroxyl groups is 2. The van der Waals surface area contributed by atoms with Crippen molar-refractivity contribution in [1.29, 1.82) is 0 Å². The normalized spacial score (nSPS) is 24.8. The van der Waals surface area contributed by atoms with Crippen molar-refractivity contribution in [3.63, 3.8) is 0 Å². The Kier molecular flexibility index (Phi) is 5.90. The average Bonchev–Trinajstić information content (AvgIpc) is 2.95. The van der Waals surface area contributed by atoms with Crippen LogP contribution in [0, 0.1) is 0 Å². The van der Waals surface area contributed by atoms with Crippen LogP contribution in [-0.2, 0) is 11.0 Å². The van der Waals surface area contributed by atoms with E-state index in [9.17, 15) is 28.2 Å². The first-order chi connectivity index (χ1) is 13.3. The van der Waals surface area contributed by atoms with Crippen LogP contribution in [0.5, 0.6) is 5.75 Å². The van der Waals surface area contributed by atoms with Gasteiger partial charge in [0, 0.05) is 5.92 Å². The molecular formula is C20H20F3NO4. The second kappa shape index (κ2) is 8.20. The molecule has 0 unspecified atom stereocenters. The number of carbonyl (C=O) groups excluding carboxylic acids is 1. The van der Waals surface area contributed by atoms with Gasteiger partial charge in [0.05, 0.1) is 17.7 Å². The molecule has 0 bridgehead atoms. The maximum atomic E-state index is 12.7. The third-order valence-electron chi connectivity index (χ3n) is 4.80. The molecule has 1 saturated carbocycles. The second-order valence-electron chi connectivity index (χ2n) is 6.71. The topological polar surface area (TPSA) is 78.8 Å². The van der Waals surface area contributed by atoms with Crippen LogP contribution < -0.4 is 10.1 Å². The van der Waals surface area contributed by atoms with Gasteiger partial charge >= 0.3 is 6.18 Å². The third kappa shape index (κ3) is 4.63. The molecule has 3 N–H and O–H groups in total. The summed E-state index contributed by atoms with van der Waals surface area (Å²) in [5.74, 6) is -0.518. The van der Waals surface area contributed by atoms with Crippen molar-refractivity contribution in [2.24, 2.45) is 0 Å². The molecule has 150 valence electrons. The van der Waals surface area contributed by atoms with Gasteiger partial charge in [-0.1, -0.05) is 30.3 Å². The van der Waals surface area contributed by atoms with Gasteiger partial charge in [-0.2, -0.15) is 13.2 Å². The summed E-state index contributed by atoms with van der Waals surface area (Å²) in [7, 11) is 0. The lowest BCUT2D eigenvalue weighted by Gasteiger charge is -2.24. The maximum absolute atomic E-state index is 12.7. The first-order valence-corrected chi connectivity index (χ1v) is 8.76. The predicted octanol–water partition coefficient (Wildman–Crippen LogP) is 2.48. The van der Waals surface area contributed by atoms with Gasteiger partial charge in [0.2, 0.25) is 0 Å². The number of benzene rings is 2. The highest BCUT2D eigenvalue weighted by Gasteiger charge is 2.43. The fourth-order valence-corrected chi connectivity index (χ4v) is 3.37. The van der Waals surface area contributed by atoms with Crippen molar-refractivity contribution in [3.05, 3.63) is 65.7 Å². The number of rotatable bonds is 5. The highest BCUT2D eigenvalue weighted by Crippen LogP contribution is 2.37. The molecule has 28 heavy (non-hydrogen) atoms. The Bertz CT molecular complexity index is 795. The van der Waals surface area contributed by atoms with Crippen LogP contribution in [0.15, 0.2) is 54.6 Å². The molecule has 1 aliphatic rings. The van der Waals surface area contributed by atoms with Crippen LogP contribution in [0.1, 0.15) is 23.5 Å². The zero-order chi connectivity index (χ0) is 20.3. The van der Waals surface area contributed by atoms with Crippen molar-refractivity contribution in [2.45, 2.75) is 36.8 Å². The van der Waals surface area contributed by atoms with Crippen LogP contribution >= 0.6 is 0 Å². The number of carbonyl (C=O) groups is 1. The highest BCUT2D eigenvalue weighted by molar-refractivity contribution is 5.78. The highest BCUT2D eigenvalue weighted by atomic mass is 19.4. The molecule has 0 saturated heterocycles. The van der Waals surface area contributed by atoms with E-state index in [-0.39, 0.29) is 13.0 Å². The molecule has 8 heteroatoms. The summed E-state index contributed by atoms with van der Waals surface area (Å²) in [6.45, 7) is -0.289. The molecule has 3 rings (SSSR count). The van der Waals surface area contributed by atoms with Gasteiger partial charge in [-0.05, 0) is 36.2 Å². The summed E-state index contributed by atoms with van der Waals surface area (Å²) in [5, 5.41) is 22.8. The Balaban J connectivity index is 1.68. The number of aliphatic hydroxyl groups excluding tert-OH is 2. The molecule has 1 amide bonds. The number of ether oxygens (including phenoxy) is 1. The lowest BCUT2D eigenvalue weighted by Crippen LogP contribution is -2.46. The first-order valence-electron chi connectivity index (χ1n) is 8.76. The third-order valence-corrected chi connectivity index (χ3v) is 4.80. The molecule has 1 fully saturated rings. The molecule has 2 aromatic rings. The standard InChI is InChI=1S/C20H20F3NO4/c21-20(22,23)13-8-6-12(7-9-13)15-10-16(25)19(27)18(15)24-17(26)11-28-14-4-2-1-3-5-14/h1-9,15-16,18-19,25,27H,10-11H2,(H,24,26)/t15-,16-,18-,19-/m1/s1. The van der Waals surface area contributed by atoms with E-state index in [0.29, 0.717) is 11.3 Å². The van der Waals surface area contributed by atoms with Crippen molar-refractivity contribution in [2.75, 3.05) is 6.61 Å². The predicted molar refractivity (Wildman–Crippen MR) is 94.7 cm³/mol. The largest absolute Gasteiger partial charge is 0.484 e. The van der Waals surface area contributed by atoms with Gasteiger partial charge in [-0.25, -0.2) is 0 Å². The molecule has 0 aliphatic heterocycles. The minimum Gasteiger partial charge on any atom is -0.484 e. The number of amides is 1. The second-order valence-corrected chi connectivity index (χ2v) is 6.71. The zero-order valence-corrected chi connectivity index (χ0v) is 14.8. The van der Waals surface area contributed by atoms with Crippen molar-refractivity contribution < 1.29 is 32.9 Å². The molecule has 0 aromatic heterocycles. The molecule has 0 spiro atoms. The summed E-state index contributed by atoms with van der Waals surface area (Å²) in [5.41, 5.74) is -0.287. The van der Waals surface area contributed by atoms with E-state index in [1.807, 2.05) is 0 Å². The molecule has 4 atom stereocenters.